The van der Waals surface area contributed by atoms with E-state index in [1.165, 1.54) is 0 Å². The molecular formula is C21H19N5O2. The molecule has 3 aromatic heterocycles. The molecule has 7 nitrogen and oxygen atoms in total. The van der Waals surface area contributed by atoms with Crippen molar-refractivity contribution in [2.45, 2.75) is 13.0 Å². The van der Waals surface area contributed by atoms with Crippen molar-refractivity contribution in [2.75, 3.05) is 11.9 Å². The van der Waals surface area contributed by atoms with Crippen LogP contribution < -0.4 is 5.32 Å². The summed E-state index contributed by atoms with van der Waals surface area (Å²) in [4.78, 5) is 21.5. The van der Waals surface area contributed by atoms with Crippen molar-refractivity contribution < 1.29 is 9.90 Å². The van der Waals surface area contributed by atoms with Crippen molar-refractivity contribution in [3.8, 4) is 11.4 Å². The number of fused-ring (bicyclic) bond motifs is 1. The molecule has 0 saturated carbocycles. The Morgan fingerprint density at radius 1 is 1.07 bits per heavy atom. The molecule has 0 aliphatic carbocycles. The van der Waals surface area contributed by atoms with Crippen LogP contribution in [0.5, 0.6) is 0 Å². The van der Waals surface area contributed by atoms with E-state index >= 15 is 0 Å². The van der Waals surface area contributed by atoms with Crippen LogP contribution in [0.3, 0.4) is 0 Å². The molecule has 4 rings (SSSR count). The minimum Gasteiger partial charge on any atom is -0.394 e. The van der Waals surface area contributed by atoms with Gasteiger partial charge in [-0.05, 0) is 37.3 Å². The van der Waals surface area contributed by atoms with Crippen molar-refractivity contribution in [3.05, 3.63) is 72.6 Å². The molecular weight excluding hydrogens is 354 g/mol. The van der Waals surface area contributed by atoms with Gasteiger partial charge in [-0.2, -0.15) is 5.10 Å². The second-order valence-electron chi connectivity index (χ2n) is 6.44. The summed E-state index contributed by atoms with van der Waals surface area (Å²) in [5.74, 6) is 0.0921. The quantitative estimate of drug-likeness (QED) is 0.560. The summed E-state index contributed by atoms with van der Waals surface area (Å²) in [5, 5.41) is 17.4. The predicted molar refractivity (Wildman–Crippen MR) is 107 cm³/mol. The fourth-order valence-corrected chi connectivity index (χ4v) is 2.97. The lowest BCUT2D eigenvalue weighted by Gasteiger charge is -2.13. The van der Waals surface area contributed by atoms with Crippen LogP contribution in [0.25, 0.3) is 22.3 Å². The van der Waals surface area contributed by atoms with Gasteiger partial charge in [0, 0.05) is 11.6 Å². The molecule has 2 N–H and O–H groups in total. The molecule has 4 aromatic rings. The highest BCUT2D eigenvalue weighted by Crippen LogP contribution is 2.22. The van der Waals surface area contributed by atoms with Crippen molar-refractivity contribution in [1.82, 2.24) is 19.7 Å². The topological polar surface area (TPSA) is 92.9 Å². The molecule has 0 bridgehead atoms. The van der Waals surface area contributed by atoms with E-state index in [1.807, 2.05) is 55.5 Å². The Hall–Kier alpha value is -3.58. The van der Waals surface area contributed by atoms with E-state index < -0.39 is 0 Å². The highest BCUT2D eigenvalue weighted by Gasteiger charge is 2.14. The zero-order chi connectivity index (χ0) is 19.5. The van der Waals surface area contributed by atoms with E-state index in [-0.39, 0.29) is 18.6 Å². The van der Waals surface area contributed by atoms with Gasteiger partial charge in [0.15, 0.2) is 0 Å². The third-order valence-corrected chi connectivity index (χ3v) is 4.44. The number of pyridine rings is 2. The first kappa shape index (κ1) is 17.8. The number of benzene rings is 1. The standard InChI is InChI=1S/C21H19N5O2/c1-14(13-27)26-19(11-12-22-26)17-7-4-8-20(24-17)25-21(28)18-10-9-15-5-2-3-6-16(15)23-18/h2-12,14,27H,13H2,1H3,(H,24,25,28). The van der Waals surface area contributed by atoms with Crippen molar-refractivity contribution in [1.29, 1.82) is 0 Å². The Kier molecular flexibility index (Phi) is 4.82. The first-order valence-electron chi connectivity index (χ1n) is 8.94. The van der Waals surface area contributed by atoms with E-state index in [0.717, 1.165) is 16.6 Å². The number of amides is 1. The summed E-state index contributed by atoms with van der Waals surface area (Å²) in [6.45, 7) is 1.84. The number of carbonyl (C=O) groups excluding carboxylic acids is 1. The minimum atomic E-state index is -0.326. The molecule has 0 spiro atoms. The molecule has 0 radical (unpaired) electrons. The number of rotatable bonds is 5. The number of carbonyl (C=O) groups is 1. The maximum atomic E-state index is 12.6. The third kappa shape index (κ3) is 3.47. The Morgan fingerprint density at radius 2 is 1.93 bits per heavy atom. The summed E-state index contributed by atoms with van der Waals surface area (Å²) >= 11 is 0. The fourth-order valence-electron chi connectivity index (χ4n) is 2.97. The number of hydrogen-bond donors (Lipinski definition) is 2. The van der Waals surface area contributed by atoms with Crippen molar-refractivity contribution in [2.24, 2.45) is 0 Å². The summed E-state index contributed by atoms with van der Waals surface area (Å²) < 4.78 is 1.71. The highest BCUT2D eigenvalue weighted by atomic mass is 16.3. The van der Waals surface area contributed by atoms with Crippen LogP contribution in [0.4, 0.5) is 5.82 Å². The zero-order valence-corrected chi connectivity index (χ0v) is 15.3. The van der Waals surface area contributed by atoms with E-state index in [1.54, 1.807) is 23.0 Å². The average Bonchev–Trinajstić information content (AvgIpc) is 3.23. The molecule has 1 amide bonds. The molecule has 7 heteroatoms. The van der Waals surface area contributed by atoms with Crippen LogP contribution in [0.15, 0.2) is 66.9 Å². The van der Waals surface area contributed by atoms with Crippen LogP contribution in [-0.4, -0.2) is 37.4 Å². The summed E-state index contributed by atoms with van der Waals surface area (Å²) in [5.41, 5.74) is 2.51. The lowest BCUT2D eigenvalue weighted by Crippen LogP contribution is -2.15. The molecule has 28 heavy (non-hydrogen) atoms. The van der Waals surface area contributed by atoms with Crippen LogP contribution in [0.1, 0.15) is 23.5 Å². The van der Waals surface area contributed by atoms with E-state index in [4.69, 9.17) is 0 Å². The van der Waals surface area contributed by atoms with E-state index in [0.29, 0.717) is 17.2 Å². The monoisotopic (exact) mass is 373 g/mol. The van der Waals surface area contributed by atoms with Gasteiger partial charge in [-0.3, -0.25) is 9.48 Å². The number of para-hydroxylation sites is 1. The number of nitrogens with zero attached hydrogens (tertiary/aromatic N) is 4. The zero-order valence-electron chi connectivity index (χ0n) is 15.3. The number of aliphatic hydroxyl groups excluding tert-OH is 1. The SMILES string of the molecule is CC(CO)n1nccc1-c1cccc(NC(=O)c2ccc3ccccc3n2)n1. The van der Waals surface area contributed by atoms with Crippen LogP contribution in [-0.2, 0) is 0 Å². The van der Waals surface area contributed by atoms with E-state index in [2.05, 4.69) is 20.4 Å². The summed E-state index contributed by atoms with van der Waals surface area (Å²) in [7, 11) is 0. The molecule has 0 aliphatic heterocycles. The van der Waals surface area contributed by atoms with E-state index in [9.17, 15) is 9.90 Å². The Bertz CT molecular complexity index is 1140. The fraction of sp³-hybridized carbons (Fsp3) is 0.143. The number of aromatic nitrogens is 4. The Balaban J connectivity index is 1.59. The normalized spacial score (nSPS) is 12.1. The van der Waals surface area contributed by atoms with Crippen LogP contribution in [0.2, 0.25) is 0 Å². The second-order valence-corrected chi connectivity index (χ2v) is 6.44. The molecule has 0 fully saturated rings. The summed E-state index contributed by atoms with van der Waals surface area (Å²) in [6.07, 6.45) is 1.66. The lowest BCUT2D eigenvalue weighted by molar-refractivity contribution is 0.102. The molecule has 3 heterocycles. The van der Waals surface area contributed by atoms with Gasteiger partial charge in [-0.1, -0.05) is 30.3 Å². The molecule has 1 atom stereocenters. The smallest absolute Gasteiger partial charge is 0.275 e. The number of aliphatic hydroxyl groups is 1. The van der Waals surface area contributed by atoms with Crippen LogP contribution in [0, 0.1) is 0 Å². The van der Waals surface area contributed by atoms with Gasteiger partial charge in [-0.15, -0.1) is 0 Å². The highest BCUT2D eigenvalue weighted by molar-refractivity contribution is 6.03. The van der Waals surface area contributed by atoms with Gasteiger partial charge in [0.25, 0.3) is 5.91 Å². The summed E-state index contributed by atoms with van der Waals surface area (Å²) in [6, 6.07) is 18.2. The van der Waals surface area contributed by atoms with Gasteiger partial charge in [-0.25, -0.2) is 9.97 Å². The Labute approximate surface area is 161 Å². The van der Waals surface area contributed by atoms with Gasteiger partial charge >= 0.3 is 0 Å². The predicted octanol–water partition coefficient (Wildman–Crippen LogP) is 3.30. The van der Waals surface area contributed by atoms with Crippen molar-refractivity contribution >= 4 is 22.6 Å². The van der Waals surface area contributed by atoms with Gasteiger partial charge in [0.05, 0.1) is 29.6 Å². The molecule has 1 aromatic carbocycles. The molecule has 1 unspecified atom stereocenters. The molecule has 0 saturated heterocycles. The average molecular weight is 373 g/mol. The Morgan fingerprint density at radius 3 is 2.79 bits per heavy atom. The van der Waals surface area contributed by atoms with Crippen molar-refractivity contribution in [3.63, 3.8) is 0 Å². The first-order chi connectivity index (χ1) is 13.7. The lowest BCUT2D eigenvalue weighted by atomic mass is 10.2. The van der Waals surface area contributed by atoms with Crippen LogP contribution >= 0.6 is 0 Å². The van der Waals surface area contributed by atoms with Gasteiger partial charge in [0.2, 0.25) is 0 Å². The minimum absolute atomic E-state index is 0.0290. The number of anilines is 1. The number of hydrogen-bond acceptors (Lipinski definition) is 5. The largest absolute Gasteiger partial charge is 0.394 e. The van der Waals surface area contributed by atoms with Gasteiger partial charge < -0.3 is 10.4 Å². The maximum absolute atomic E-state index is 12.6. The molecule has 140 valence electrons. The van der Waals surface area contributed by atoms with Gasteiger partial charge in [0.1, 0.15) is 11.5 Å². The number of nitrogens with one attached hydrogen (secondary N) is 1. The first-order valence-corrected chi connectivity index (χ1v) is 8.94. The second kappa shape index (κ2) is 7.58. The molecule has 0 aliphatic rings. The maximum Gasteiger partial charge on any atom is 0.275 e. The third-order valence-electron chi connectivity index (χ3n) is 4.44.